The Balaban J connectivity index is 1.98. The van der Waals surface area contributed by atoms with Crippen molar-refractivity contribution in [1.29, 1.82) is 0 Å². The molecule has 2 aromatic heterocycles. The van der Waals surface area contributed by atoms with Crippen molar-refractivity contribution < 1.29 is 9.53 Å². The highest BCUT2D eigenvalue weighted by Crippen LogP contribution is 2.38. The quantitative estimate of drug-likeness (QED) is 0.616. The number of halogens is 2. The van der Waals surface area contributed by atoms with Crippen molar-refractivity contribution >= 4 is 61.9 Å². The number of rotatable bonds is 3. The maximum Gasteiger partial charge on any atom is 0.357 e. The molecule has 21 heavy (non-hydrogen) atoms. The van der Waals surface area contributed by atoms with E-state index in [9.17, 15) is 4.79 Å². The van der Waals surface area contributed by atoms with Crippen LogP contribution in [-0.2, 0) is 11.2 Å². The lowest BCUT2D eigenvalue weighted by molar-refractivity contribution is 0.0594. The van der Waals surface area contributed by atoms with E-state index in [4.69, 9.17) is 23.2 Å². The number of carbonyl (C=O) groups is 1. The van der Waals surface area contributed by atoms with Crippen molar-refractivity contribution in [2.24, 2.45) is 0 Å². The van der Waals surface area contributed by atoms with E-state index < -0.39 is 5.97 Å². The number of methoxy groups -OCH3 is 1. The molecule has 0 spiro atoms. The number of nitrogens with zero attached hydrogens (tertiary/aromatic N) is 1. The first-order chi connectivity index (χ1) is 10.1. The molecule has 0 fully saturated rings. The van der Waals surface area contributed by atoms with Crippen molar-refractivity contribution in [3.8, 4) is 0 Å². The summed E-state index contributed by atoms with van der Waals surface area (Å²) in [5, 5.41) is 4.22. The normalized spacial score (nSPS) is 11.0. The van der Waals surface area contributed by atoms with Crippen LogP contribution in [0.3, 0.4) is 0 Å². The Bertz CT molecular complexity index is 826. The average Bonchev–Trinajstić information content (AvgIpc) is 3.05. The van der Waals surface area contributed by atoms with Crippen molar-refractivity contribution in [1.82, 2.24) is 4.98 Å². The maximum atomic E-state index is 11.4. The van der Waals surface area contributed by atoms with Crippen LogP contribution >= 0.6 is 45.9 Å². The lowest BCUT2D eigenvalue weighted by Gasteiger charge is -1.98. The van der Waals surface area contributed by atoms with Gasteiger partial charge in [0.1, 0.15) is 0 Å². The number of esters is 1. The second-order valence-electron chi connectivity index (χ2n) is 4.29. The van der Waals surface area contributed by atoms with Gasteiger partial charge in [0.2, 0.25) is 0 Å². The molecule has 3 nitrogen and oxygen atoms in total. The molecule has 0 amide bonds. The number of hydrogen-bond acceptors (Lipinski definition) is 5. The lowest BCUT2D eigenvalue weighted by atomic mass is 10.1. The number of benzene rings is 1. The maximum absolute atomic E-state index is 11.4. The van der Waals surface area contributed by atoms with Crippen molar-refractivity contribution in [2.75, 3.05) is 7.11 Å². The largest absolute Gasteiger partial charge is 0.464 e. The van der Waals surface area contributed by atoms with Crippen LogP contribution in [-0.4, -0.2) is 18.1 Å². The van der Waals surface area contributed by atoms with Gasteiger partial charge in [-0.1, -0.05) is 23.2 Å². The van der Waals surface area contributed by atoms with Gasteiger partial charge in [-0.05, 0) is 29.1 Å². The van der Waals surface area contributed by atoms with Gasteiger partial charge in [0.15, 0.2) is 5.69 Å². The third-order valence-electron chi connectivity index (χ3n) is 2.98. The molecule has 0 radical (unpaired) electrons. The Morgan fingerprint density at radius 1 is 1.38 bits per heavy atom. The summed E-state index contributed by atoms with van der Waals surface area (Å²) >= 11 is 15.3. The Hall–Kier alpha value is -1.14. The van der Waals surface area contributed by atoms with Gasteiger partial charge in [-0.3, -0.25) is 0 Å². The van der Waals surface area contributed by atoms with Crippen molar-refractivity contribution in [3.63, 3.8) is 0 Å². The van der Waals surface area contributed by atoms with Crippen LogP contribution in [0.4, 0.5) is 0 Å². The predicted octanol–water partition coefficient (Wildman–Crippen LogP) is 5.04. The molecule has 0 aliphatic rings. The molecular weight excluding hydrogens is 349 g/mol. The van der Waals surface area contributed by atoms with Gasteiger partial charge >= 0.3 is 5.97 Å². The highest BCUT2D eigenvalue weighted by atomic mass is 35.5. The van der Waals surface area contributed by atoms with E-state index >= 15 is 0 Å². The summed E-state index contributed by atoms with van der Waals surface area (Å²) in [6, 6.07) is 5.71. The fourth-order valence-electron chi connectivity index (χ4n) is 2.00. The smallest absolute Gasteiger partial charge is 0.357 e. The minimum absolute atomic E-state index is 0.325. The lowest BCUT2D eigenvalue weighted by Crippen LogP contribution is -2.01. The van der Waals surface area contributed by atoms with Crippen LogP contribution in [0.1, 0.15) is 21.1 Å². The van der Waals surface area contributed by atoms with E-state index in [0.717, 1.165) is 25.0 Å². The Labute approximate surface area is 139 Å². The fraction of sp³-hybridized carbons (Fsp3) is 0.143. The summed E-state index contributed by atoms with van der Waals surface area (Å²) in [6.07, 6.45) is 0.570. The van der Waals surface area contributed by atoms with Gasteiger partial charge in [-0.2, -0.15) is 0 Å². The zero-order valence-corrected chi connectivity index (χ0v) is 14.0. The molecule has 0 unspecified atom stereocenters. The van der Waals surface area contributed by atoms with E-state index in [-0.39, 0.29) is 0 Å². The molecule has 1 aromatic carbocycles. The van der Waals surface area contributed by atoms with Crippen LogP contribution in [0.15, 0.2) is 23.6 Å². The van der Waals surface area contributed by atoms with Crippen LogP contribution in [0.5, 0.6) is 0 Å². The molecule has 0 bridgehead atoms. The van der Waals surface area contributed by atoms with Gasteiger partial charge in [0.25, 0.3) is 0 Å². The summed E-state index contributed by atoms with van der Waals surface area (Å²) in [6.45, 7) is 0. The minimum Gasteiger partial charge on any atom is -0.464 e. The Morgan fingerprint density at radius 3 is 2.95 bits per heavy atom. The number of hydrogen-bond donors (Lipinski definition) is 0. The molecule has 7 heteroatoms. The molecular formula is C14H9Cl2NO2S2. The molecule has 0 aliphatic carbocycles. The van der Waals surface area contributed by atoms with E-state index in [1.54, 1.807) is 5.38 Å². The van der Waals surface area contributed by atoms with Gasteiger partial charge < -0.3 is 4.74 Å². The number of ether oxygens (including phenoxy) is 1. The number of carbonyl (C=O) groups excluding carboxylic acids is 1. The summed E-state index contributed by atoms with van der Waals surface area (Å²) in [4.78, 5) is 15.7. The third-order valence-corrected chi connectivity index (χ3v) is 5.52. The summed E-state index contributed by atoms with van der Waals surface area (Å²) < 4.78 is 6.47. The minimum atomic E-state index is -0.429. The first-order valence-corrected chi connectivity index (χ1v) is 8.43. The number of thiophene rings is 1. The van der Waals surface area contributed by atoms with E-state index in [1.165, 1.54) is 29.8 Å². The first kappa shape index (κ1) is 14.8. The van der Waals surface area contributed by atoms with E-state index in [2.05, 4.69) is 9.72 Å². The SMILES string of the molecule is COC(=O)c1csc(Cc2c(Cl)sc3ccc(Cl)cc23)n1. The van der Waals surface area contributed by atoms with E-state index in [0.29, 0.717) is 17.1 Å². The van der Waals surface area contributed by atoms with Gasteiger partial charge in [-0.25, -0.2) is 9.78 Å². The highest BCUT2D eigenvalue weighted by molar-refractivity contribution is 7.23. The number of thiazole rings is 1. The van der Waals surface area contributed by atoms with Crippen LogP contribution in [0, 0.1) is 0 Å². The number of aromatic nitrogens is 1. The molecule has 0 saturated carbocycles. The second kappa shape index (κ2) is 5.93. The van der Waals surface area contributed by atoms with E-state index in [1.807, 2.05) is 18.2 Å². The first-order valence-electron chi connectivity index (χ1n) is 5.97. The monoisotopic (exact) mass is 357 g/mol. The topological polar surface area (TPSA) is 39.2 Å². The zero-order chi connectivity index (χ0) is 15.0. The third kappa shape index (κ3) is 2.92. The van der Waals surface area contributed by atoms with Crippen LogP contribution in [0.25, 0.3) is 10.1 Å². The van der Waals surface area contributed by atoms with Crippen LogP contribution < -0.4 is 0 Å². The molecule has 3 aromatic rings. The Kier molecular flexibility index (Phi) is 4.17. The van der Waals surface area contributed by atoms with Gasteiger partial charge in [0, 0.05) is 21.5 Å². The summed E-state index contributed by atoms with van der Waals surface area (Å²) in [5.74, 6) is -0.429. The summed E-state index contributed by atoms with van der Waals surface area (Å²) in [7, 11) is 1.34. The molecule has 0 atom stereocenters. The molecule has 0 N–H and O–H groups in total. The highest BCUT2D eigenvalue weighted by Gasteiger charge is 2.15. The fourth-order valence-corrected chi connectivity index (χ4v) is 4.29. The van der Waals surface area contributed by atoms with Crippen molar-refractivity contribution in [3.05, 3.63) is 49.2 Å². The summed E-state index contributed by atoms with van der Waals surface area (Å²) in [5.41, 5.74) is 1.32. The van der Waals surface area contributed by atoms with Crippen LogP contribution in [0.2, 0.25) is 9.36 Å². The molecule has 3 rings (SSSR count). The average molecular weight is 358 g/mol. The van der Waals surface area contributed by atoms with Crippen molar-refractivity contribution in [2.45, 2.75) is 6.42 Å². The number of fused-ring (bicyclic) bond motifs is 1. The molecule has 2 heterocycles. The standard InChI is InChI=1S/C14H9Cl2NO2S2/c1-19-14(18)10-6-20-12(17-10)5-9-8-4-7(15)2-3-11(8)21-13(9)16/h2-4,6H,5H2,1H3. The second-order valence-corrected chi connectivity index (χ2v) is 7.32. The van der Waals surface area contributed by atoms with Gasteiger partial charge in [0.05, 0.1) is 16.5 Å². The molecule has 108 valence electrons. The van der Waals surface area contributed by atoms with Gasteiger partial charge in [-0.15, -0.1) is 22.7 Å². The molecule has 0 aliphatic heterocycles. The molecule has 0 saturated heterocycles. The predicted molar refractivity (Wildman–Crippen MR) is 88.1 cm³/mol. The Morgan fingerprint density at radius 2 is 2.19 bits per heavy atom. The zero-order valence-electron chi connectivity index (χ0n) is 10.9.